The molecule has 2 atom stereocenters. The molecule has 2 N–H and O–H groups in total. The molecule has 7 nitrogen and oxygen atoms in total. The average molecular weight is 423 g/mol. The highest BCUT2D eigenvalue weighted by atomic mass is 16.5. The highest BCUT2D eigenvalue weighted by Crippen LogP contribution is 2.29. The van der Waals surface area contributed by atoms with Gasteiger partial charge in [0, 0.05) is 17.5 Å². The number of amides is 1. The van der Waals surface area contributed by atoms with E-state index in [0.717, 1.165) is 22.9 Å². The molecule has 0 saturated heterocycles. The Labute approximate surface area is 179 Å². The molecule has 7 heteroatoms. The molecule has 162 valence electrons. The Kier molecular flexibility index (Phi) is 7.07. The van der Waals surface area contributed by atoms with Gasteiger partial charge in [-0.2, -0.15) is 0 Å². The second-order valence-electron chi connectivity index (χ2n) is 7.30. The number of carboxylic acids is 1. The molecule has 0 bridgehead atoms. The number of fused-ring (bicyclic) bond motifs is 1. The minimum Gasteiger partial charge on any atom is -0.481 e. The molecular weight excluding hydrogens is 398 g/mol. The molecule has 0 spiro atoms. The largest absolute Gasteiger partial charge is 0.481 e. The summed E-state index contributed by atoms with van der Waals surface area (Å²) in [7, 11) is 0. The van der Waals surface area contributed by atoms with E-state index in [1.807, 2.05) is 37.3 Å². The van der Waals surface area contributed by atoms with Crippen molar-refractivity contribution in [2.24, 2.45) is 0 Å². The molecule has 0 aliphatic rings. The minimum absolute atomic E-state index is 0.336. The van der Waals surface area contributed by atoms with Crippen molar-refractivity contribution in [3.8, 4) is 16.9 Å². The van der Waals surface area contributed by atoms with Gasteiger partial charge in [-0.1, -0.05) is 50.1 Å². The highest BCUT2D eigenvalue weighted by Gasteiger charge is 2.23. The summed E-state index contributed by atoms with van der Waals surface area (Å²) < 4.78 is 11.0. The molecule has 0 aliphatic heterocycles. The normalized spacial score (nSPS) is 12.8. The molecule has 0 unspecified atom stereocenters. The summed E-state index contributed by atoms with van der Waals surface area (Å²) in [5, 5.41) is 12.5. The molecule has 1 amide bonds. The zero-order valence-corrected chi connectivity index (χ0v) is 17.5. The van der Waals surface area contributed by atoms with Gasteiger partial charge in [-0.25, -0.2) is 9.59 Å². The SMILES string of the molecule is CCCC[C@@H](NC(=O)[C@@H](C)Oc1ccc2c(-c3ccccc3)cc(=O)oc2c1)C(=O)O. The molecule has 0 radical (unpaired) electrons. The number of carbonyl (C=O) groups is 2. The van der Waals surface area contributed by atoms with Crippen LogP contribution < -0.4 is 15.7 Å². The van der Waals surface area contributed by atoms with Crippen molar-refractivity contribution < 1.29 is 23.8 Å². The van der Waals surface area contributed by atoms with E-state index in [-0.39, 0.29) is 0 Å². The van der Waals surface area contributed by atoms with Gasteiger partial charge in [0.2, 0.25) is 0 Å². The zero-order chi connectivity index (χ0) is 22.4. The first-order valence-corrected chi connectivity index (χ1v) is 10.2. The predicted molar refractivity (Wildman–Crippen MR) is 117 cm³/mol. The lowest BCUT2D eigenvalue weighted by Gasteiger charge is -2.19. The van der Waals surface area contributed by atoms with Crippen LogP contribution in [0.2, 0.25) is 0 Å². The first-order chi connectivity index (χ1) is 14.9. The first kappa shape index (κ1) is 22.1. The lowest BCUT2D eigenvalue weighted by molar-refractivity contribution is -0.143. The van der Waals surface area contributed by atoms with Crippen LogP contribution in [0.15, 0.2) is 63.8 Å². The number of unbranched alkanes of at least 4 members (excludes halogenated alkanes) is 1. The Hall–Kier alpha value is -3.61. The van der Waals surface area contributed by atoms with Gasteiger partial charge in [-0.3, -0.25) is 4.79 Å². The molecular formula is C24H25NO6. The molecule has 0 fully saturated rings. The number of hydrogen-bond donors (Lipinski definition) is 2. The van der Waals surface area contributed by atoms with Gasteiger partial charge in [0.25, 0.3) is 5.91 Å². The number of aliphatic carboxylic acids is 1. The quantitative estimate of drug-likeness (QED) is 0.504. The fraction of sp³-hybridized carbons (Fsp3) is 0.292. The van der Waals surface area contributed by atoms with E-state index in [9.17, 15) is 19.5 Å². The van der Waals surface area contributed by atoms with Crippen LogP contribution in [-0.2, 0) is 9.59 Å². The van der Waals surface area contributed by atoms with Crippen molar-refractivity contribution in [2.75, 3.05) is 0 Å². The topological polar surface area (TPSA) is 106 Å². The first-order valence-electron chi connectivity index (χ1n) is 10.2. The molecule has 0 aliphatic carbocycles. The van der Waals surface area contributed by atoms with Crippen LogP contribution in [0.25, 0.3) is 22.1 Å². The van der Waals surface area contributed by atoms with Gasteiger partial charge in [-0.15, -0.1) is 0 Å². The van der Waals surface area contributed by atoms with E-state index >= 15 is 0 Å². The van der Waals surface area contributed by atoms with Crippen molar-refractivity contribution in [1.82, 2.24) is 5.32 Å². The third-order valence-corrected chi connectivity index (χ3v) is 4.94. The summed E-state index contributed by atoms with van der Waals surface area (Å²) in [5.74, 6) is -1.26. The van der Waals surface area contributed by atoms with Gasteiger partial charge in [-0.05, 0) is 36.6 Å². The molecule has 3 aromatic rings. The number of nitrogens with one attached hydrogen (secondary N) is 1. The Balaban J connectivity index is 1.80. The minimum atomic E-state index is -1.07. The van der Waals surface area contributed by atoms with Gasteiger partial charge < -0.3 is 19.6 Å². The van der Waals surface area contributed by atoms with Gasteiger partial charge in [0.15, 0.2) is 6.10 Å². The average Bonchev–Trinajstić information content (AvgIpc) is 2.76. The summed E-state index contributed by atoms with van der Waals surface area (Å²) in [6.07, 6.45) is 0.956. The lowest BCUT2D eigenvalue weighted by atomic mass is 10.0. The van der Waals surface area contributed by atoms with Gasteiger partial charge >= 0.3 is 11.6 Å². The van der Waals surface area contributed by atoms with Crippen molar-refractivity contribution >= 4 is 22.8 Å². The van der Waals surface area contributed by atoms with E-state index < -0.39 is 29.6 Å². The third kappa shape index (κ3) is 5.51. The van der Waals surface area contributed by atoms with Crippen molar-refractivity contribution in [2.45, 2.75) is 45.3 Å². The Morgan fingerprint density at radius 1 is 1.13 bits per heavy atom. The van der Waals surface area contributed by atoms with E-state index in [1.54, 1.807) is 18.2 Å². The molecule has 3 rings (SSSR count). The number of carbonyl (C=O) groups excluding carboxylic acids is 1. The number of hydrogen-bond acceptors (Lipinski definition) is 5. The van der Waals surface area contributed by atoms with Crippen LogP contribution in [0, 0.1) is 0 Å². The summed E-state index contributed by atoms with van der Waals surface area (Å²) >= 11 is 0. The number of benzene rings is 2. The monoisotopic (exact) mass is 423 g/mol. The maximum absolute atomic E-state index is 12.4. The fourth-order valence-corrected chi connectivity index (χ4v) is 3.29. The van der Waals surface area contributed by atoms with Crippen molar-refractivity contribution in [1.29, 1.82) is 0 Å². The fourth-order valence-electron chi connectivity index (χ4n) is 3.29. The van der Waals surface area contributed by atoms with Crippen LogP contribution in [-0.4, -0.2) is 29.1 Å². The summed E-state index contributed by atoms with van der Waals surface area (Å²) in [4.78, 5) is 35.8. The standard InChI is InChI=1S/C24H25NO6/c1-3-4-10-20(24(28)29)25-23(27)15(2)30-17-11-12-18-19(16-8-6-5-7-9-16)14-22(26)31-21(18)13-17/h5-9,11-15,20H,3-4,10H2,1-2H3,(H,25,27)(H,28,29)/t15-,20-/m1/s1. The second kappa shape index (κ2) is 9.93. The predicted octanol–water partition coefficient (Wildman–Crippen LogP) is 3.99. The smallest absolute Gasteiger partial charge is 0.336 e. The van der Waals surface area contributed by atoms with E-state index in [1.165, 1.54) is 13.0 Å². The lowest BCUT2D eigenvalue weighted by Crippen LogP contribution is -2.46. The number of ether oxygens (including phenoxy) is 1. The van der Waals surface area contributed by atoms with Crippen molar-refractivity contribution in [3.63, 3.8) is 0 Å². The Morgan fingerprint density at radius 3 is 2.55 bits per heavy atom. The Bertz CT molecular complexity index is 1120. The molecule has 0 saturated carbocycles. The van der Waals surface area contributed by atoms with Gasteiger partial charge in [0.05, 0.1) is 0 Å². The van der Waals surface area contributed by atoms with Gasteiger partial charge in [0.1, 0.15) is 17.4 Å². The maximum Gasteiger partial charge on any atom is 0.336 e. The van der Waals surface area contributed by atoms with Crippen LogP contribution in [0.4, 0.5) is 0 Å². The molecule has 31 heavy (non-hydrogen) atoms. The van der Waals surface area contributed by atoms with Crippen LogP contribution in [0.5, 0.6) is 5.75 Å². The molecule has 1 heterocycles. The molecule has 1 aromatic heterocycles. The number of carboxylic acid groups (broad SMARTS) is 1. The van der Waals surface area contributed by atoms with Crippen LogP contribution >= 0.6 is 0 Å². The van der Waals surface area contributed by atoms with E-state index in [0.29, 0.717) is 24.2 Å². The van der Waals surface area contributed by atoms with Crippen molar-refractivity contribution in [3.05, 3.63) is 65.0 Å². The highest BCUT2D eigenvalue weighted by molar-refractivity contribution is 5.94. The number of rotatable bonds is 9. The Morgan fingerprint density at radius 2 is 1.87 bits per heavy atom. The summed E-state index contributed by atoms with van der Waals surface area (Å²) in [6.45, 7) is 3.49. The third-order valence-electron chi connectivity index (χ3n) is 4.94. The van der Waals surface area contributed by atoms with E-state index in [4.69, 9.17) is 9.15 Å². The van der Waals surface area contributed by atoms with E-state index in [2.05, 4.69) is 5.32 Å². The second-order valence-corrected chi connectivity index (χ2v) is 7.30. The zero-order valence-electron chi connectivity index (χ0n) is 17.5. The molecule has 2 aromatic carbocycles. The summed E-state index contributed by atoms with van der Waals surface area (Å²) in [5.41, 5.74) is 1.47. The summed E-state index contributed by atoms with van der Waals surface area (Å²) in [6, 6.07) is 15.0. The van der Waals surface area contributed by atoms with Crippen LogP contribution in [0.1, 0.15) is 33.1 Å². The van der Waals surface area contributed by atoms with Crippen LogP contribution in [0.3, 0.4) is 0 Å². The maximum atomic E-state index is 12.4.